The van der Waals surface area contributed by atoms with Crippen LogP contribution in [0, 0.1) is 0 Å². The SMILES string of the molecule is CCCC/C=C\CCCCCCCC(=O)OCCCCCCCCCCC/C=C\C/C=C\CCCCCCCCCCCC(=O)NC(CO)C(O)CCCCCCCCCCCCCCC. The molecule has 0 aliphatic heterocycles. The fraction of sp³-hybridized carbons (Fsp3) is 0.867. The summed E-state index contributed by atoms with van der Waals surface area (Å²) >= 11 is 0. The van der Waals surface area contributed by atoms with Crippen LogP contribution in [0.5, 0.6) is 0 Å². The quantitative estimate of drug-likeness (QED) is 0.0321. The van der Waals surface area contributed by atoms with Gasteiger partial charge < -0.3 is 20.3 Å². The Kier molecular flexibility index (Phi) is 54.1. The van der Waals surface area contributed by atoms with Crippen LogP contribution in [0.25, 0.3) is 0 Å². The minimum absolute atomic E-state index is 0.00241. The highest BCUT2D eigenvalue weighted by Gasteiger charge is 2.20. The maximum atomic E-state index is 12.5. The van der Waals surface area contributed by atoms with E-state index in [4.69, 9.17) is 4.74 Å². The fourth-order valence-corrected chi connectivity index (χ4v) is 8.89. The molecule has 0 saturated carbocycles. The Morgan fingerprint density at radius 1 is 0.424 bits per heavy atom. The maximum absolute atomic E-state index is 12.5. The van der Waals surface area contributed by atoms with Gasteiger partial charge in [-0.15, -0.1) is 0 Å². The molecule has 3 N–H and O–H groups in total. The number of carbonyl (C=O) groups excluding carboxylic acids is 2. The Balaban J connectivity index is 3.44. The van der Waals surface area contributed by atoms with Gasteiger partial charge in [0.1, 0.15) is 0 Å². The van der Waals surface area contributed by atoms with Crippen LogP contribution in [0.2, 0.25) is 0 Å². The van der Waals surface area contributed by atoms with Crippen LogP contribution in [-0.2, 0) is 14.3 Å². The second kappa shape index (κ2) is 55.7. The van der Waals surface area contributed by atoms with Gasteiger partial charge in [0.2, 0.25) is 5.91 Å². The second-order valence-corrected chi connectivity index (χ2v) is 20.0. The van der Waals surface area contributed by atoms with Crippen molar-refractivity contribution in [2.45, 2.75) is 321 Å². The monoisotopic (exact) mass is 928 g/mol. The fourth-order valence-electron chi connectivity index (χ4n) is 8.89. The average Bonchev–Trinajstić information content (AvgIpc) is 3.32. The van der Waals surface area contributed by atoms with E-state index in [9.17, 15) is 19.8 Å². The summed E-state index contributed by atoms with van der Waals surface area (Å²) in [6.45, 7) is 4.91. The molecule has 0 aromatic heterocycles. The van der Waals surface area contributed by atoms with Gasteiger partial charge in [-0.2, -0.15) is 0 Å². The normalized spacial score (nSPS) is 12.8. The molecule has 0 heterocycles. The van der Waals surface area contributed by atoms with Crippen molar-refractivity contribution in [2.24, 2.45) is 0 Å². The van der Waals surface area contributed by atoms with Crippen molar-refractivity contribution in [3.63, 3.8) is 0 Å². The van der Waals surface area contributed by atoms with Gasteiger partial charge in [0, 0.05) is 12.8 Å². The number of carbonyl (C=O) groups is 2. The van der Waals surface area contributed by atoms with Crippen molar-refractivity contribution in [3.8, 4) is 0 Å². The lowest BCUT2D eigenvalue weighted by Crippen LogP contribution is -2.45. The number of esters is 1. The third-order valence-corrected chi connectivity index (χ3v) is 13.4. The third-order valence-electron chi connectivity index (χ3n) is 13.4. The zero-order chi connectivity index (χ0) is 47.9. The van der Waals surface area contributed by atoms with E-state index < -0.39 is 12.1 Å². The zero-order valence-corrected chi connectivity index (χ0v) is 44.2. The number of rotatable bonds is 54. The van der Waals surface area contributed by atoms with E-state index in [0.29, 0.717) is 25.9 Å². The third kappa shape index (κ3) is 51.5. The number of ether oxygens (including phenoxy) is 1. The highest BCUT2D eigenvalue weighted by Crippen LogP contribution is 2.17. The molecule has 0 spiro atoms. The van der Waals surface area contributed by atoms with Gasteiger partial charge in [-0.3, -0.25) is 9.59 Å². The molecule has 0 fully saturated rings. The number of amides is 1. The summed E-state index contributed by atoms with van der Waals surface area (Å²) in [5.41, 5.74) is 0. The molecule has 0 aromatic rings. The largest absolute Gasteiger partial charge is 0.466 e. The molecule has 6 heteroatoms. The summed E-state index contributed by atoms with van der Waals surface area (Å²) in [5.74, 6) is -0.0434. The van der Waals surface area contributed by atoms with E-state index in [1.165, 1.54) is 225 Å². The van der Waals surface area contributed by atoms with Crippen molar-refractivity contribution in [1.82, 2.24) is 5.32 Å². The van der Waals surface area contributed by atoms with Gasteiger partial charge in [0.25, 0.3) is 0 Å². The van der Waals surface area contributed by atoms with Gasteiger partial charge in [-0.1, -0.05) is 256 Å². The molecule has 6 nitrogen and oxygen atoms in total. The molecule has 0 radical (unpaired) electrons. The van der Waals surface area contributed by atoms with Crippen LogP contribution >= 0.6 is 0 Å². The Bertz CT molecular complexity index is 1070. The maximum Gasteiger partial charge on any atom is 0.305 e. The van der Waals surface area contributed by atoms with Crippen molar-refractivity contribution < 1.29 is 24.5 Å². The molecular formula is C60H113NO5. The predicted octanol–water partition coefficient (Wildman–Crippen LogP) is 18.0. The topological polar surface area (TPSA) is 95.9 Å². The van der Waals surface area contributed by atoms with Crippen LogP contribution in [0.3, 0.4) is 0 Å². The van der Waals surface area contributed by atoms with E-state index in [-0.39, 0.29) is 18.5 Å². The van der Waals surface area contributed by atoms with Crippen LogP contribution in [0.15, 0.2) is 36.5 Å². The lowest BCUT2D eigenvalue weighted by Gasteiger charge is -2.22. The number of aliphatic hydroxyl groups is 2. The molecule has 388 valence electrons. The first-order valence-electron chi connectivity index (χ1n) is 29.2. The van der Waals surface area contributed by atoms with Gasteiger partial charge in [-0.05, 0) is 77.0 Å². The molecule has 0 aliphatic rings. The van der Waals surface area contributed by atoms with Gasteiger partial charge in [-0.25, -0.2) is 0 Å². The van der Waals surface area contributed by atoms with E-state index in [1.807, 2.05) is 0 Å². The van der Waals surface area contributed by atoms with Crippen molar-refractivity contribution in [2.75, 3.05) is 13.2 Å². The number of hydrogen-bond acceptors (Lipinski definition) is 5. The number of nitrogens with one attached hydrogen (secondary N) is 1. The van der Waals surface area contributed by atoms with Crippen LogP contribution < -0.4 is 5.32 Å². The van der Waals surface area contributed by atoms with Crippen LogP contribution in [0.4, 0.5) is 0 Å². The lowest BCUT2D eigenvalue weighted by molar-refractivity contribution is -0.143. The molecule has 0 bridgehead atoms. The number of allylic oxidation sites excluding steroid dienone is 6. The average molecular weight is 929 g/mol. The summed E-state index contributed by atoms with van der Waals surface area (Å²) in [4.78, 5) is 24.4. The molecular weight excluding hydrogens is 815 g/mol. The first-order chi connectivity index (χ1) is 32.5. The Morgan fingerprint density at radius 3 is 1.21 bits per heavy atom. The minimum atomic E-state index is -0.667. The second-order valence-electron chi connectivity index (χ2n) is 20.0. The Hall–Kier alpha value is -1.92. The van der Waals surface area contributed by atoms with Gasteiger partial charge in [0.15, 0.2) is 0 Å². The molecule has 0 rings (SSSR count). The highest BCUT2D eigenvalue weighted by molar-refractivity contribution is 5.76. The van der Waals surface area contributed by atoms with Crippen LogP contribution in [0.1, 0.15) is 309 Å². The minimum Gasteiger partial charge on any atom is -0.466 e. The Labute approximate surface area is 411 Å². The highest BCUT2D eigenvalue weighted by atomic mass is 16.5. The van der Waals surface area contributed by atoms with Gasteiger partial charge >= 0.3 is 5.97 Å². The molecule has 1 amide bonds. The van der Waals surface area contributed by atoms with Crippen molar-refractivity contribution >= 4 is 11.9 Å². The molecule has 2 unspecified atom stereocenters. The summed E-state index contributed by atoms with van der Waals surface area (Å²) in [5, 5.41) is 23.2. The predicted molar refractivity (Wildman–Crippen MR) is 287 cm³/mol. The smallest absolute Gasteiger partial charge is 0.305 e. The standard InChI is InChI=1S/C60H113NO5/c1-3-5-7-9-11-13-15-29-33-36-40-44-48-52-58(63)57(56-62)61-59(64)53-49-45-41-37-34-30-27-25-23-21-19-17-16-18-20-22-24-26-28-31-35-39-43-47-51-55-66-60(65)54-50-46-42-38-32-14-12-10-8-6-4-2/h10,12,17-20,57-58,62-63H,3-9,11,13-16,21-56H2,1-2H3,(H,61,64)/b12-10-,19-17-,20-18-. The van der Waals surface area contributed by atoms with Crippen LogP contribution in [-0.4, -0.2) is 47.4 Å². The Morgan fingerprint density at radius 2 is 0.773 bits per heavy atom. The van der Waals surface area contributed by atoms with Gasteiger partial charge in [0.05, 0.1) is 25.4 Å². The van der Waals surface area contributed by atoms with E-state index in [0.717, 1.165) is 51.4 Å². The first-order valence-corrected chi connectivity index (χ1v) is 29.2. The molecule has 2 atom stereocenters. The summed E-state index contributed by atoms with van der Waals surface area (Å²) < 4.78 is 5.45. The number of aliphatic hydroxyl groups excluding tert-OH is 2. The molecule has 0 saturated heterocycles. The molecule has 0 aliphatic carbocycles. The summed E-state index contributed by atoms with van der Waals surface area (Å²) in [7, 11) is 0. The number of hydrogen-bond donors (Lipinski definition) is 3. The van der Waals surface area contributed by atoms with E-state index >= 15 is 0 Å². The summed E-state index contributed by atoms with van der Waals surface area (Å²) in [6.07, 6.45) is 68.6. The van der Waals surface area contributed by atoms with E-state index in [2.05, 4.69) is 55.6 Å². The first kappa shape index (κ1) is 64.1. The van der Waals surface area contributed by atoms with Crippen molar-refractivity contribution in [1.29, 1.82) is 0 Å². The van der Waals surface area contributed by atoms with E-state index in [1.54, 1.807) is 0 Å². The van der Waals surface area contributed by atoms with Crippen molar-refractivity contribution in [3.05, 3.63) is 36.5 Å². The number of unbranched alkanes of at least 4 members (excludes halogenated alkanes) is 37. The summed E-state index contributed by atoms with van der Waals surface area (Å²) in [6, 6.07) is -0.545. The molecule has 0 aromatic carbocycles. The zero-order valence-electron chi connectivity index (χ0n) is 44.2. The molecule has 66 heavy (non-hydrogen) atoms. The lowest BCUT2D eigenvalue weighted by atomic mass is 10.0.